The van der Waals surface area contributed by atoms with E-state index in [4.69, 9.17) is 4.74 Å². The lowest BCUT2D eigenvalue weighted by Gasteiger charge is -2.37. The Morgan fingerprint density at radius 3 is 2.69 bits per heavy atom. The highest BCUT2D eigenvalue weighted by atomic mass is 32.2. The summed E-state index contributed by atoms with van der Waals surface area (Å²) >= 11 is 0. The number of aliphatic hydroxyl groups excluding tert-OH is 1. The maximum absolute atomic E-state index is 14.2. The molecular weight excluding hydrogens is 479 g/mol. The van der Waals surface area contributed by atoms with E-state index in [0.717, 1.165) is 24.8 Å². The summed E-state index contributed by atoms with van der Waals surface area (Å²) in [6, 6.07) is 11.5. The average molecular weight is 517 g/mol. The van der Waals surface area contributed by atoms with Crippen molar-refractivity contribution in [3.63, 3.8) is 0 Å². The van der Waals surface area contributed by atoms with Gasteiger partial charge in [-0.3, -0.25) is 4.90 Å². The standard InChI is InChI=1S/C28H37FN2O4S/c1-20-16-31(21(2)19-32)36(33,34)28-14-13-23(22-9-5-4-6-10-22)15-26(28)35-27(20)18-30(3)17-24-11-7-8-12-25(24)29/h7-9,11-15,20-21,27,32H,4-6,10,16-19H2,1-3H3/t20-,21-,27+/m0/s1. The van der Waals surface area contributed by atoms with Crippen molar-refractivity contribution >= 4 is 15.6 Å². The molecule has 0 fully saturated rings. The lowest BCUT2D eigenvalue weighted by molar-refractivity contribution is 0.0730. The number of hydrogen-bond donors (Lipinski definition) is 1. The first-order valence-electron chi connectivity index (χ1n) is 12.8. The minimum atomic E-state index is -3.87. The predicted octanol–water partition coefficient (Wildman–Crippen LogP) is 4.68. The third-order valence-corrected chi connectivity index (χ3v) is 9.24. The predicted molar refractivity (Wildman–Crippen MR) is 140 cm³/mol. The van der Waals surface area contributed by atoms with Crippen LogP contribution in [0.3, 0.4) is 0 Å². The number of halogens is 1. The third-order valence-electron chi connectivity index (χ3n) is 7.22. The van der Waals surface area contributed by atoms with E-state index in [1.54, 1.807) is 25.1 Å². The van der Waals surface area contributed by atoms with Gasteiger partial charge >= 0.3 is 0 Å². The monoisotopic (exact) mass is 516 g/mol. The van der Waals surface area contributed by atoms with Crippen molar-refractivity contribution in [3.05, 3.63) is 65.5 Å². The molecule has 0 spiro atoms. The number of nitrogens with zero attached hydrogens (tertiary/aromatic N) is 2. The summed E-state index contributed by atoms with van der Waals surface area (Å²) in [5.74, 6) is -0.0757. The summed E-state index contributed by atoms with van der Waals surface area (Å²) in [7, 11) is -1.96. The highest BCUT2D eigenvalue weighted by Crippen LogP contribution is 2.37. The molecule has 0 amide bonds. The van der Waals surface area contributed by atoms with Gasteiger partial charge in [-0.05, 0) is 69.0 Å². The highest BCUT2D eigenvalue weighted by molar-refractivity contribution is 7.89. The Morgan fingerprint density at radius 1 is 1.22 bits per heavy atom. The van der Waals surface area contributed by atoms with Gasteiger partial charge in [0.15, 0.2) is 0 Å². The van der Waals surface area contributed by atoms with Crippen molar-refractivity contribution < 1.29 is 22.7 Å². The SMILES string of the molecule is C[C@H]1CN([C@@H](C)CO)S(=O)(=O)c2ccc(C3=CCCCC3)cc2O[C@@H]1CN(C)Cc1ccccc1F. The van der Waals surface area contributed by atoms with Crippen molar-refractivity contribution in [2.75, 3.05) is 26.7 Å². The minimum Gasteiger partial charge on any atom is -0.487 e. The lowest BCUT2D eigenvalue weighted by Crippen LogP contribution is -2.49. The second-order valence-electron chi connectivity index (χ2n) is 10.2. The second kappa shape index (κ2) is 11.4. The molecule has 0 unspecified atom stereocenters. The summed E-state index contributed by atoms with van der Waals surface area (Å²) in [4.78, 5) is 2.12. The van der Waals surface area contributed by atoms with Gasteiger partial charge in [0.1, 0.15) is 22.6 Å². The first-order valence-corrected chi connectivity index (χ1v) is 14.2. The molecule has 6 nitrogen and oxygen atoms in total. The quantitative estimate of drug-likeness (QED) is 0.579. The Bertz CT molecular complexity index is 1200. The fourth-order valence-electron chi connectivity index (χ4n) is 5.03. The van der Waals surface area contributed by atoms with E-state index in [2.05, 4.69) is 6.08 Å². The van der Waals surface area contributed by atoms with Crippen LogP contribution in [0.15, 0.2) is 53.4 Å². The van der Waals surface area contributed by atoms with E-state index in [9.17, 15) is 17.9 Å². The molecule has 8 heteroatoms. The van der Waals surface area contributed by atoms with Gasteiger partial charge in [-0.15, -0.1) is 0 Å². The van der Waals surface area contributed by atoms with Crippen LogP contribution in [0.4, 0.5) is 4.39 Å². The Labute approximate surface area is 214 Å². The smallest absolute Gasteiger partial charge is 0.247 e. The van der Waals surface area contributed by atoms with Crippen LogP contribution < -0.4 is 4.74 Å². The maximum Gasteiger partial charge on any atom is 0.247 e. The van der Waals surface area contributed by atoms with Crippen LogP contribution in [0.2, 0.25) is 0 Å². The van der Waals surface area contributed by atoms with Crippen LogP contribution in [-0.4, -0.2) is 61.6 Å². The molecule has 2 aromatic rings. The molecule has 2 aliphatic rings. The number of hydrogen-bond acceptors (Lipinski definition) is 5. The van der Waals surface area contributed by atoms with Crippen LogP contribution in [-0.2, 0) is 16.6 Å². The molecule has 2 aromatic carbocycles. The molecule has 0 saturated heterocycles. The zero-order valence-corrected chi connectivity index (χ0v) is 22.2. The number of rotatable bonds is 7. The number of benzene rings is 2. The summed E-state index contributed by atoms with van der Waals surface area (Å²) < 4.78 is 49.5. The zero-order valence-electron chi connectivity index (χ0n) is 21.4. The summed E-state index contributed by atoms with van der Waals surface area (Å²) in [5, 5.41) is 9.84. The number of likely N-dealkylation sites (N-methyl/N-ethyl adjacent to an activating group) is 1. The first kappa shape index (κ1) is 26.8. The first-order chi connectivity index (χ1) is 17.2. The number of allylic oxidation sites excluding steroid dienone is 2. The maximum atomic E-state index is 14.2. The number of sulfonamides is 1. The molecule has 196 valence electrons. The molecule has 1 heterocycles. The summed E-state index contributed by atoms with van der Waals surface area (Å²) in [6.07, 6.45) is 6.16. The summed E-state index contributed by atoms with van der Waals surface area (Å²) in [6.45, 7) is 4.52. The van der Waals surface area contributed by atoms with Crippen molar-refractivity contribution in [2.24, 2.45) is 5.92 Å². The Balaban J connectivity index is 1.69. The molecule has 1 aliphatic carbocycles. The molecule has 4 rings (SSSR count). The molecule has 3 atom stereocenters. The Morgan fingerprint density at radius 2 is 2.00 bits per heavy atom. The van der Waals surface area contributed by atoms with E-state index in [1.807, 2.05) is 37.1 Å². The van der Waals surface area contributed by atoms with Gasteiger partial charge in [-0.2, -0.15) is 4.31 Å². The molecule has 0 aromatic heterocycles. The molecular formula is C28H37FN2O4S. The van der Waals surface area contributed by atoms with Crippen molar-refractivity contribution in [3.8, 4) is 5.75 Å². The van der Waals surface area contributed by atoms with E-state index in [0.29, 0.717) is 24.4 Å². The van der Waals surface area contributed by atoms with Gasteiger partial charge in [0.05, 0.1) is 6.61 Å². The molecule has 36 heavy (non-hydrogen) atoms. The second-order valence-corrected chi connectivity index (χ2v) is 12.0. The van der Waals surface area contributed by atoms with Crippen LogP contribution in [0.1, 0.15) is 50.7 Å². The van der Waals surface area contributed by atoms with Crippen molar-refractivity contribution in [1.82, 2.24) is 9.21 Å². The zero-order chi connectivity index (χ0) is 25.9. The molecule has 0 radical (unpaired) electrons. The van der Waals surface area contributed by atoms with Gasteiger partial charge in [0, 0.05) is 37.2 Å². The van der Waals surface area contributed by atoms with Gasteiger partial charge in [-0.1, -0.05) is 37.3 Å². The van der Waals surface area contributed by atoms with Gasteiger partial charge in [0.2, 0.25) is 10.0 Å². The Hall–Kier alpha value is -2.26. The fraction of sp³-hybridized carbons (Fsp3) is 0.500. The van der Waals surface area contributed by atoms with Gasteiger partial charge < -0.3 is 9.84 Å². The topological polar surface area (TPSA) is 70.1 Å². The summed E-state index contributed by atoms with van der Waals surface area (Å²) in [5.41, 5.74) is 2.80. The molecule has 0 bridgehead atoms. The number of ether oxygens (including phenoxy) is 1. The van der Waals surface area contributed by atoms with Crippen LogP contribution in [0.5, 0.6) is 5.75 Å². The molecule has 1 aliphatic heterocycles. The fourth-order valence-corrected chi connectivity index (χ4v) is 6.86. The molecule has 1 N–H and O–H groups in total. The molecule has 0 saturated carbocycles. The van der Waals surface area contributed by atoms with E-state index in [1.165, 1.54) is 22.4 Å². The highest BCUT2D eigenvalue weighted by Gasteiger charge is 2.38. The van der Waals surface area contributed by atoms with E-state index < -0.39 is 16.1 Å². The van der Waals surface area contributed by atoms with Crippen molar-refractivity contribution in [2.45, 2.75) is 63.1 Å². The van der Waals surface area contributed by atoms with E-state index in [-0.39, 0.29) is 35.9 Å². The van der Waals surface area contributed by atoms with Gasteiger partial charge in [-0.25, -0.2) is 12.8 Å². The minimum absolute atomic E-state index is 0.122. The van der Waals surface area contributed by atoms with Crippen molar-refractivity contribution in [1.29, 1.82) is 0 Å². The van der Waals surface area contributed by atoms with Crippen LogP contribution >= 0.6 is 0 Å². The third kappa shape index (κ3) is 5.83. The number of fused-ring (bicyclic) bond motifs is 1. The largest absolute Gasteiger partial charge is 0.487 e. The normalized spacial score (nSPS) is 23.2. The van der Waals surface area contributed by atoms with Crippen LogP contribution in [0, 0.1) is 11.7 Å². The Kier molecular flexibility index (Phi) is 8.50. The van der Waals surface area contributed by atoms with E-state index >= 15 is 0 Å². The average Bonchev–Trinajstić information content (AvgIpc) is 2.87. The van der Waals surface area contributed by atoms with Gasteiger partial charge in [0.25, 0.3) is 0 Å². The lowest BCUT2D eigenvalue weighted by atomic mass is 9.93. The number of aliphatic hydroxyl groups is 1. The van der Waals surface area contributed by atoms with Crippen LogP contribution in [0.25, 0.3) is 5.57 Å².